The number of nitrogens with one attached hydrogen (secondary N) is 1. The zero-order valence-corrected chi connectivity index (χ0v) is 32.0. The summed E-state index contributed by atoms with van der Waals surface area (Å²) < 4.78 is 6.95. The average molecular weight is 736 g/mol. The van der Waals surface area contributed by atoms with Crippen LogP contribution in [-0.2, 0) is 5.41 Å². The summed E-state index contributed by atoms with van der Waals surface area (Å²) >= 11 is 0. The van der Waals surface area contributed by atoms with Gasteiger partial charge in [-0.3, -0.25) is 0 Å². The lowest BCUT2D eigenvalue weighted by molar-refractivity contribution is 0.572. The Morgan fingerprint density at radius 2 is 1.39 bits per heavy atom. The van der Waals surface area contributed by atoms with Gasteiger partial charge >= 0.3 is 0 Å². The zero-order valence-electron chi connectivity index (χ0n) is 32.0. The van der Waals surface area contributed by atoms with Gasteiger partial charge in [0.1, 0.15) is 5.42 Å². The first-order chi connectivity index (χ1) is 28.0. The number of rotatable bonds is 6. The van der Waals surface area contributed by atoms with Crippen molar-refractivity contribution in [2.24, 2.45) is 4.99 Å². The van der Waals surface area contributed by atoms with Crippen LogP contribution in [0.5, 0.6) is 0 Å². The fourth-order valence-electron chi connectivity index (χ4n) is 9.31. The number of hydrogen-bond donors (Lipinski definition) is 1. The van der Waals surface area contributed by atoms with E-state index in [1.807, 2.05) is 0 Å². The molecule has 0 radical (unpaired) electrons. The Morgan fingerprint density at radius 3 is 2.23 bits per heavy atom. The third kappa shape index (κ3) is 5.39. The minimum Gasteiger partial charge on any atom is -0.454 e. The smallest absolute Gasteiger partial charge is 0.160 e. The Kier molecular flexibility index (Phi) is 7.68. The normalized spacial score (nSPS) is 17.1. The maximum atomic E-state index is 6.95. The lowest BCUT2D eigenvalue weighted by Gasteiger charge is -2.28. The third-order valence-electron chi connectivity index (χ3n) is 12.1. The van der Waals surface area contributed by atoms with E-state index in [-0.39, 0.29) is 11.5 Å². The Labute approximate surface area is 332 Å². The summed E-state index contributed by atoms with van der Waals surface area (Å²) in [4.78, 5) is 7.60. The van der Waals surface area contributed by atoms with Crippen LogP contribution < -0.4 is 20.9 Å². The second kappa shape index (κ2) is 13.1. The number of anilines is 3. The number of nitrogens with zero attached hydrogens (tertiary/aromatic N) is 2. The van der Waals surface area contributed by atoms with Crippen LogP contribution in [0.4, 0.5) is 17.1 Å². The topological polar surface area (TPSA) is 40.8 Å². The van der Waals surface area contributed by atoms with Crippen LogP contribution in [0.15, 0.2) is 173 Å². The molecule has 0 saturated heterocycles. The van der Waals surface area contributed by atoms with Gasteiger partial charge in [-0.15, -0.1) is 0 Å². The van der Waals surface area contributed by atoms with E-state index >= 15 is 0 Å². The number of fused-ring (bicyclic) bond motifs is 7. The molecule has 7 aromatic rings. The summed E-state index contributed by atoms with van der Waals surface area (Å²) in [5.41, 5.74) is 17.8. The van der Waals surface area contributed by atoms with Crippen LogP contribution in [0.25, 0.3) is 56.8 Å². The van der Waals surface area contributed by atoms with Crippen molar-refractivity contribution in [3.05, 3.63) is 197 Å². The second-order valence-electron chi connectivity index (χ2n) is 15.8. The first kappa shape index (κ1) is 33.4. The summed E-state index contributed by atoms with van der Waals surface area (Å²) in [6.07, 6.45) is 15.0. The van der Waals surface area contributed by atoms with Gasteiger partial charge in [-0.25, -0.2) is 4.99 Å². The van der Waals surface area contributed by atoms with Gasteiger partial charge in [0, 0.05) is 33.0 Å². The molecule has 0 amide bonds. The molecule has 4 nitrogen and oxygen atoms in total. The fraction of sp³-hybridized carbons (Fsp3) is 0.113. The highest BCUT2D eigenvalue weighted by molar-refractivity contribution is 6.11. The molecule has 3 aliphatic carbocycles. The molecule has 4 aliphatic rings. The van der Waals surface area contributed by atoms with Gasteiger partial charge in [0.05, 0.1) is 28.8 Å². The molecule has 1 N–H and O–H groups in total. The number of benzene rings is 6. The minimum absolute atomic E-state index is 0.0512. The molecule has 0 bridgehead atoms. The zero-order chi connectivity index (χ0) is 38.1. The molecule has 0 spiro atoms. The summed E-state index contributed by atoms with van der Waals surface area (Å²) in [5.74, 6) is 0. The van der Waals surface area contributed by atoms with Gasteiger partial charge in [-0.2, -0.15) is 0 Å². The van der Waals surface area contributed by atoms with Gasteiger partial charge in [0.25, 0.3) is 0 Å². The number of hydrogen-bond acceptors (Lipinski definition) is 4. The molecule has 1 aliphatic heterocycles. The average Bonchev–Trinajstić information content (AvgIpc) is 3.77. The Balaban J connectivity index is 1.07. The molecular formula is C53H41N3O. The highest BCUT2D eigenvalue weighted by atomic mass is 16.3. The number of allylic oxidation sites excluding steroid dienone is 2. The SMILES string of the molecule is CC1(C)c2ccccc2-c2cc(N(c3ccccc3)c3ccc(-c4ccc(C5=C(c6ccccc6)NC6C=CC=CC6=N5)cc4)c4c5c(oc34)=CCCC=5)ccc21. The van der Waals surface area contributed by atoms with E-state index in [4.69, 9.17) is 9.41 Å². The largest absolute Gasteiger partial charge is 0.454 e. The predicted octanol–water partition coefficient (Wildman–Crippen LogP) is 11.6. The standard InChI is InChI=1S/C53H41N3O/c1-53(2)43-21-11-9-19-40(43)42-33-38(29-31-44(42)53)56(37-17-7-4-8-18-37)47-32-30-39(49-41-20-10-14-24-48(41)57-52(47)49)34-25-27-36(28-26-34)51-50(35-15-5-3-6-16-35)54-45-22-12-13-23-46(45)55-51/h3-9,11-13,15-33,45,54H,10,14H2,1-2H3. The van der Waals surface area contributed by atoms with Crippen molar-refractivity contribution >= 4 is 57.3 Å². The number of aliphatic imine (C=N–C) groups is 1. The van der Waals surface area contributed by atoms with Crippen molar-refractivity contribution < 1.29 is 4.42 Å². The molecule has 1 unspecified atom stereocenters. The van der Waals surface area contributed by atoms with E-state index in [9.17, 15) is 0 Å². The van der Waals surface area contributed by atoms with E-state index in [1.165, 1.54) is 27.5 Å². The van der Waals surface area contributed by atoms with Crippen molar-refractivity contribution in [2.45, 2.75) is 38.1 Å². The summed E-state index contributed by atoms with van der Waals surface area (Å²) in [7, 11) is 0. The molecule has 0 fully saturated rings. The van der Waals surface area contributed by atoms with Crippen molar-refractivity contribution in [2.75, 3.05) is 4.90 Å². The molecule has 2 heterocycles. The van der Waals surface area contributed by atoms with Crippen LogP contribution in [0.3, 0.4) is 0 Å². The number of para-hydroxylation sites is 1. The summed E-state index contributed by atoms with van der Waals surface area (Å²) in [5, 5.41) is 6.09. The van der Waals surface area contributed by atoms with E-state index in [2.05, 4.69) is 200 Å². The maximum Gasteiger partial charge on any atom is 0.160 e. The molecular weight excluding hydrogens is 695 g/mol. The first-order valence-electron chi connectivity index (χ1n) is 20.0. The molecule has 11 rings (SSSR count). The predicted molar refractivity (Wildman–Crippen MR) is 237 cm³/mol. The van der Waals surface area contributed by atoms with Crippen molar-refractivity contribution in [1.82, 2.24) is 5.32 Å². The number of furan rings is 1. The summed E-state index contributed by atoms with van der Waals surface area (Å²) in [6.45, 7) is 4.67. The van der Waals surface area contributed by atoms with Gasteiger partial charge in [0.15, 0.2) is 5.58 Å². The van der Waals surface area contributed by atoms with Crippen molar-refractivity contribution in [3.8, 4) is 22.3 Å². The third-order valence-corrected chi connectivity index (χ3v) is 12.1. The Bertz CT molecular complexity index is 3000. The van der Waals surface area contributed by atoms with Gasteiger partial charge in [-0.1, -0.05) is 147 Å². The Morgan fingerprint density at radius 1 is 0.649 bits per heavy atom. The maximum absolute atomic E-state index is 6.95. The van der Waals surface area contributed by atoms with E-state index in [1.54, 1.807) is 0 Å². The molecule has 4 heteroatoms. The van der Waals surface area contributed by atoms with Gasteiger partial charge < -0.3 is 14.6 Å². The molecule has 57 heavy (non-hydrogen) atoms. The van der Waals surface area contributed by atoms with Crippen LogP contribution >= 0.6 is 0 Å². The first-order valence-corrected chi connectivity index (χ1v) is 20.0. The molecule has 0 saturated carbocycles. The summed E-state index contributed by atoms with van der Waals surface area (Å²) in [6, 6.07) is 50.5. The Hall–Kier alpha value is -6.91. The second-order valence-corrected chi connectivity index (χ2v) is 15.8. The lowest BCUT2D eigenvalue weighted by atomic mass is 9.82. The van der Waals surface area contributed by atoms with Crippen molar-refractivity contribution in [3.63, 3.8) is 0 Å². The van der Waals surface area contributed by atoms with Gasteiger partial charge in [0.2, 0.25) is 0 Å². The minimum atomic E-state index is -0.0645. The lowest BCUT2D eigenvalue weighted by Crippen LogP contribution is -2.37. The van der Waals surface area contributed by atoms with Crippen molar-refractivity contribution in [1.29, 1.82) is 0 Å². The van der Waals surface area contributed by atoms with E-state index in [0.29, 0.717) is 0 Å². The molecule has 1 aromatic heterocycles. The van der Waals surface area contributed by atoms with Crippen LogP contribution in [0.2, 0.25) is 0 Å². The monoisotopic (exact) mass is 735 g/mol. The van der Waals surface area contributed by atoms with Crippen LogP contribution in [-0.4, -0.2) is 11.8 Å². The molecule has 274 valence electrons. The quantitative estimate of drug-likeness (QED) is 0.185. The highest BCUT2D eigenvalue weighted by Gasteiger charge is 2.36. The highest BCUT2D eigenvalue weighted by Crippen LogP contribution is 2.51. The van der Waals surface area contributed by atoms with E-state index in [0.717, 1.165) is 85.6 Å². The van der Waals surface area contributed by atoms with Crippen LogP contribution in [0.1, 0.15) is 48.9 Å². The van der Waals surface area contributed by atoms with Crippen LogP contribution in [0, 0.1) is 0 Å². The van der Waals surface area contributed by atoms with E-state index < -0.39 is 0 Å². The molecule has 6 aromatic carbocycles. The fourth-order valence-corrected chi connectivity index (χ4v) is 9.31. The van der Waals surface area contributed by atoms with Gasteiger partial charge in [-0.05, 0) is 94.3 Å². The molecule has 1 atom stereocenters.